The lowest BCUT2D eigenvalue weighted by atomic mass is 10.2. The Morgan fingerprint density at radius 3 is 2.73 bits per heavy atom. The molecule has 2 heterocycles. The van der Waals surface area contributed by atoms with E-state index in [2.05, 4.69) is 21.4 Å². The fourth-order valence-corrected chi connectivity index (χ4v) is 3.16. The summed E-state index contributed by atoms with van der Waals surface area (Å²) in [5, 5.41) is 12.7. The average molecular weight is 364 g/mol. The molecule has 3 rings (SSSR count). The van der Waals surface area contributed by atoms with E-state index in [1.54, 1.807) is 19.1 Å². The second kappa shape index (κ2) is 7.85. The summed E-state index contributed by atoms with van der Waals surface area (Å²) < 4.78 is 5.32. The Bertz CT molecular complexity index is 978. The van der Waals surface area contributed by atoms with E-state index in [-0.39, 0.29) is 11.7 Å². The van der Waals surface area contributed by atoms with Gasteiger partial charge in [0.05, 0.1) is 17.7 Å². The highest BCUT2D eigenvalue weighted by atomic mass is 32.2. The minimum Gasteiger partial charge on any atom is -0.461 e. The van der Waals surface area contributed by atoms with Crippen LogP contribution in [0.3, 0.4) is 0 Å². The molecule has 0 atom stereocenters. The van der Waals surface area contributed by atoms with E-state index in [1.807, 2.05) is 31.2 Å². The Hall–Kier alpha value is -3.11. The van der Waals surface area contributed by atoms with Crippen LogP contribution in [0.2, 0.25) is 0 Å². The largest absolute Gasteiger partial charge is 0.461 e. The maximum Gasteiger partial charge on any atom is 0.234 e. The molecule has 0 spiro atoms. The second-order valence-corrected chi connectivity index (χ2v) is 6.52. The number of nitrogens with one attached hydrogen (secondary N) is 1. The molecule has 0 bridgehead atoms. The first kappa shape index (κ1) is 17.7. The van der Waals surface area contributed by atoms with Crippen molar-refractivity contribution in [2.24, 2.45) is 0 Å². The van der Waals surface area contributed by atoms with Gasteiger partial charge in [-0.2, -0.15) is 5.26 Å². The van der Waals surface area contributed by atoms with Gasteiger partial charge in [-0.15, -0.1) is 0 Å². The molecule has 3 aromatic rings. The maximum atomic E-state index is 12.3. The number of rotatable bonds is 5. The number of hydrogen-bond donors (Lipinski definition) is 1. The number of para-hydroxylation sites is 1. The van der Waals surface area contributed by atoms with Gasteiger partial charge in [0, 0.05) is 5.69 Å². The number of amides is 1. The van der Waals surface area contributed by atoms with Crippen LogP contribution in [0, 0.1) is 25.2 Å². The van der Waals surface area contributed by atoms with Crippen LogP contribution in [0.1, 0.15) is 16.8 Å². The molecule has 1 N–H and O–H groups in total. The number of aryl methyl sites for hydroxylation is 2. The van der Waals surface area contributed by atoms with Crippen LogP contribution in [-0.2, 0) is 4.79 Å². The number of hydrogen-bond acceptors (Lipinski definition) is 6. The van der Waals surface area contributed by atoms with Crippen molar-refractivity contribution in [1.29, 1.82) is 5.26 Å². The van der Waals surface area contributed by atoms with Gasteiger partial charge in [-0.1, -0.05) is 30.0 Å². The molecule has 2 aromatic heterocycles. The molecule has 6 nitrogen and oxygen atoms in total. The standard InChI is InChI=1S/C19H16N4O2S/c1-12-6-3-4-7-15(12)22-17(24)11-26-19-14(10-20)13(2)21-18(23-19)16-8-5-9-25-16/h3-9H,11H2,1-2H3,(H,22,24). The Balaban J connectivity index is 1.77. The molecule has 0 aliphatic carbocycles. The van der Waals surface area contributed by atoms with Crippen molar-refractivity contribution in [3.05, 3.63) is 59.5 Å². The normalized spacial score (nSPS) is 10.3. The molecule has 0 radical (unpaired) electrons. The summed E-state index contributed by atoms with van der Waals surface area (Å²) in [6.45, 7) is 3.67. The van der Waals surface area contributed by atoms with E-state index in [4.69, 9.17) is 4.42 Å². The van der Waals surface area contributed by atoms with Crippen LogP contribution in [0.5, 0.6) is 0 Å². The summed E-state index contributed by atoms with van der Waals surface area (Å²) in [6, 6.07) is 13.2. The lowest BCUT2D eigenvalue weighted by molar-refractivity contribution is -0.113. The van der Waals surface area contributed by atoms with Crippen LogP contribution in [0.25, 0.3) is 11.6 Å². The molecule has 130 valence electrons. The molecule has 26 heavy (non-hydrogen) atoms. The predicted molar refractivity (Wildman–Crippen MR) is 99.7 cm³/mol. The van der Waals surface area contributed by atoms with Gasteiger partial charge in [0.15, 0.2) is 11.6 Å². The van der Waals surface area contributed by atoms with Crippen molar-refractivity contribution in [2.45, 2.75) is 18.9 Å². The van der Waals surface area contributed by atoms with Crippen molar-refractivity contribution in [2.75, 3.05) is 11.1 Å². The Kier molecular flexibility index (Phi) is 5.34. The Morgan fingerprint density at radius 2 is 2.04 bits per heavy atom. The van der Waals surface area contributed by atoms with Gasteiger partial charge in [0.25, 0.3) is 0 Å². The quantitative estimate of drug-likeness (QED) is 0.544. The number of carbonyl (C=O) groups is 1. The molecule has 0 fully saturated rings. The molecule has 7 heteroatoms. The zero-order valence-corrected chi connectivity index (χ0v) is 15.1. The van der Waals surface area contributed by atoms with Crippen molar-refractivity contribution < 1.29 is 9.21 Å². The highest BCUT2D eigenvalue weighted by Gasteiger charge is 2.16. The summed E-state index contributed by atoms with van der Waals surface area (Å²) in [4.78, 5) is 21.0. The minimum atomic E-state index is -0.163. The van der Waals surface area contributed by atoms with Crippen molar-refractivity contribution in [3.8, 4) is 17.7 Å². The summed E-state index contributed by atoms with van der Waals surface area (Å²) in [5.74, 6) is 0.887. The Morgan fingerprint density at radius 1 is 1.23 bits per heavy atom. The monoisotopic (exact) mass is 364 g/mol. The van der Waals surface area contributed by atoms with Gasteiger partial charge in [-0.05, 0) is 37.6 Å². The number of benzene rings is 1. The highest BCUT2D eigenvalue weighted by molar-refractivity contribution is 8.00. The van der Waals surface area contributed by atoms with Crippen molar-refractivity contribution in [1.82, 2.24) is 9.97 Å². The molecular formula is C19H16N4O2S. The van der Waals surface area contributed by atoms with E-state index < -0.39 is 0 Å². The predicted octanol–water partition coefficient (Wildman–Crippen LogP) is 3.96. The number of furan rings is 1. The van der Waals surface area contributed by atoms with Crippen LogP contribution in [0.15, 0.2) is 52.1 Å². The van der Waals surface area contributed by atoms with Crippen LogP contribution in [0.4, 0.5) is 5.69 Å². The van der Waals surface area contributed by atoms with E-state index in [0.717, 1.165) is 11.3 Å². The number of carbonyl (C=O) groups excluding carboxylic acids is 1. The molecule has 0 aliphatic heterocycles. The topological polar surface area (TPSA) is 91.8 Å². The van der Waals surface area contributed by atoms with E-state index in [9.17, 15) is 10.1 Å². The van der Waals surface area contributed by atoms with E-state index in [0.29, 0.717) is 27.9 Å². The van der Waals surface area contributed by atoms with Gasteiger partial charge in [-0.3, -0.25) is 4.79 Å². The third-order valence-corrected chi connectivity index (χ3v) is 4.64. The minimum absolute atomic E-state index is 0.136. The first-order valence-corrected chi connectivity index (χ1v) is 8.88. The molecular weight excluding hydrogens is 348 g/mol. The number of thioether (sulfide) groups is 1. The van der Waals surface area contributed by atoms with Crippen LogP contribution in [-0.4, -0.2) is 21.6 Å². The van der Waals surface area contributed by atoms with E-state index in [1.165, 1.54) is 18.0 Å². The molecule has 0 saturated heterocycles. The number of aromatic nitrogens is 2. The van der Waals surface area contributed by atoms with Crippen molar-refractivity contribution >= 4 is 23.4 Å². The summed E-state index contributed by atoms with van der Waals surface area (Å²) >= 11 is 1.20. The summed E-state index contributed by atoms with van der Waals surface area (Å²) in [7, 11) is 0. The lowest BCUT2D eigenvalue weighted by Gasteiger charge is -2.09. The maximum absolute atomic E-state index is 12.3. The van der Waals surface area contributed by atoms with Crippen LogP contribution < -0.4 is 5.32 Å². The fraction of sp³-hybridized carbons (Fsp3) is 0.158. The number of nitrogens with zero attached hydrogens (tertiary/aromatic N) is 3. The SMILES string of the molecule is Cc1ccccc1NC(=O)CSc1nc(-c2ccco2)nc(C)c1C#N. The fourth-order valence-electron chi connectivity index (χ4n) is 2.33. The van der Waals surface area contributed by atoms with Gasteiger partial charge in [0.2, 0.25) is 5.91 Å². The third kappa shape index (κ3) is 3.92. The zero-order chi connectivity index (χ0) is 18.5. The van der Waals surface area contributed by atoms with Gasteiger partial charge >= 0.3 is 0 Å². The van der Waals surface area contributed by atoms with Crippen molar-refractivity contribution in [3.63, 3.8) is 0 Å². The first-order chi connectivity index (χ1) is 12.6. The summed E-state index contributed by atoms with van der Waals surface area (Å²) in [6.07, 6.45) is 1.54. The number of nitriles is 1. The smallest absolute Gasteiger partial charge is 0.234 e. The lowest BCUT2D eigenvalue weighted by Crippen LogP contribution is -2.15. The zero-order valence-electron chi connectivity index (χ0n) is 14.3. The first-order valence-electron chi connectivity index (χ1n) is 7.89. The van der Waals surface area contributed by atoms with Gasteiger partial charge in [0.1, 0.15) is 16.7 Å². The van der Waals surface area contributed by atoms with E-state index >= 15 is 0 Å². The second-order valence-electron chi connectivity index (χ2n) is 5.55. The molecule has 0 saturated carbocycles. The molecule has 1 aromatic carbocycles. The van der Waals surface area contributed by atoms with Gasteiger partial charge < -0.3 is 9.73 Å². The molecule has 0 unspecified atom stereocenters. The third-order valence-electron chi connectivity index (χ3n) is 3.67. The Labute approximate surface area is 155 Å². The van der Waals surface area contributed by atoms with Gasteiger partial charge in [-0.25, -0.2) is 9.97 Å². The average Bonchev–Trinajstić information content (AvgIpc) is 3.16. The highest BCUT2D eigenvalue weighted by Crippen LogP contribution is 2.26. The van der Waals surface area contributed by atoms with Crippen LogP contribution >= 0.6 is 11.8 Å². The summed E-state index contributed by atoms with van der Waals surface area (Å²) in [5.41, 5.74) is 2.68. The number of anilines is 1. The molecule has 0 aliphatic rings. The molecule has 1 amide bonds.